The van der Waals surface area contributed by atoms with Gasteiger partial charge in [-0.1, -0.05) is 103 Å². The van der Waals surface area contributed by atoms with Crippen molar-refractivity contribution in [1.82, 2.24) is 10.2 Å². The van der Waals surface area contributed by atoms with Crippen LogP contribution in [0.5, 0.6) is 0 Å². The molecule has 202 valence electrons. The van der Waals surface area contributed by atoms with Crippen LogP contribution >= 0.6 is 0 Å². The number of rotatable bonds is 14. The third-order valence-corrected chi connectivity index (χ3v) is 9.74. The van der Waals surface area contributed by atoms with Gasteiger partial charge in [-0.3, -0.25) is 9.89 Å². The minimum Gasteiger partial charge on any atom is -0.357 e. The van der Waals surface area contributed by atoms with E-state index in [0.717, 1.165) is 25.2 Å². The van der Waals surface area contributed by atoms with Crippen LogP contribution < -0.4 is 5.32 Å². The van der Waals surface area contributed by atoms with Gasteiger partial charge in [0, 0.05) is 5.41 Å². The Hall–Kier alpha value is -1.61. The first-order chi connectivity index (χ1) is 17.1. The number of allylic oxidation sites excluding steroid dienone is 4. The molecular formula is C33H55N3. The first-order valence-corrected chi connectivity index (χ1v) is 14.9. The molecule has 0 bridgehead atoms. The topological polar surface area (TPSA) is 27.6 Å². The zero-order valence-electron chi connectivity index (χ0n) is 24.8. The average Bonchev–Trinajstić information content (AvgIpc) is 3.32. The van der Waals surface area contributed by atoms with Crippen molar-refractivity contribution in [2.45, 2.75) is 125 Å². The van der Waals surface area contributed by atoms with Gasteiger partial charge in [-0.05, 0) is 74.5 Å². The van der Waals surface area contributed by atoms with Crippen molar-refractivity contribution in [2.24, 2.45) is 27.7 Å². The molecule has 2 aliphatic carbocycles. The second kappa shape index (κ2) is 12.3. The Balaban J connectivity index is 1.88. The van der Waals surface area contributed by atoms with Crippen LogP contribution in [0.1, 0.15) is 113 Å². The lowest BCUT2D eigenvalue weighted by molar-refractivity contribution is 0.199. The molecule has 0 spiro atoms. The molecule has 5 atom stereocenters. The summed E-state index contributed by atoms with van der Waals surface area (Å²) >= 11 is 0. The summed E-state index contributed by atoms with van der Waals surface area (Å²) in [6.45, 7) is 20.8. The lowest BCUT2D eigenvalue weighted by atomic mass is 9.77. The number of nitrogens with one attached hydrogen (secondary N) is 1. The second-order valence-corrected chi connectivity index (χ2v) is 12.6. The number of likely N-dealkylation sites (N-methyl/N-ethyl adjacent to an activating group) is 1. The molecule has 1 heterocycles. The SMILES string of the molecule is C=CCCC1=CC(C2NC=NC(/C(C)=C\CC(C)CCCCC)N2C)=C(CCCC)[C@@]2(C)C1C2(C)C. The van der Waals surface area contributed by atoms with Crippen LogP contribution in [0.2, 0.25) is 0 Å². The Labute approximate surface area is 223 Å². The molecule has 0 saturated heterocycles. The number of hydrogen-bond acceptors (Lipinski definition) is 3. The zero-order valence-corrected chi connectivity index (χ0v) is 24.8. The van der Waals surface area contributed by atoms with Gasteiger partial charge < -0.3 is 5.32 Å². The molecule has 1 aliphatic heterocycles. The molecule has 0 aromatic rings. The summed E-state index contributed by atoms with van der Waals surface area (Å²) in [4.78, 5) is 7.37. The summed E-state index contributed by atoms with van der Waals surface area (Å²) in [7, 11) is 2.26. The van der Waals surface area contributed by atoms with Gasteiger partial charge in [0.25, 0.3) is 0 Å². The summed E-state index contributed by atoms with van der Waals surface area (Å²) in [5.41, 5.74) is 6.77. The van der Waals surface area contributed by atoms with E-state index in [4.69, 9.17) is 4.99 Å². The Kier molecular flexibility index (Phi) is 9.88. The maximum absolute atomic E-state index is 4.90. The van der Waals surface area contributed by atoms with Crippen molar-refractivity contribution in [3.8, 4) is 0 Å². The monoisotopic (exact) mass is 493 g/mol. The third kappa shape index (κ3) is 5.62. The number of unbranched alkanes of at least 4 members (excludes halogenated alkanes) is 3. The van der Waals surface area contributed by atoms with Crippen LogP contribution in [0.3, 0.4) is 0 Å². The number of nitrogens with zero attached hydrogens (tertiary/aromatic N) is 2. The molecule has 3 heteroatoms. The van der Waals surface area contributed by atoms with Crippen molar-refractivity contribution in [3.05, 3.63) is 47.1 Å². The van der Waals surface area contributed by atoms with Crippen LogP contribution in [-0.4, -0.2) is 30.6 Å². The molecule has 4 unspecified atom stereocenters. The minimum atomic E-state index is 0.0989. The normalized spacial score (nSPS) is 30.5. The summed E-state index contributed by atoms with van der Waals surface area (Å²) in [6, 6.07) is 0. The standard InChI is InChI=1S/C33H55N3/c1-10-13-16-17-24(4)20-21-25(5)30-34-23-35-31(36(30)9)27-22-26(18-14-11-2)29-32(6,7)33(29,8)28(27)19-15-12-3/h11,21-24,29-31H,2,10,12-20H2,1,3-9H3,(H,34,35)/b25-21-/t24?,29?,30?,31?,33-/m0/s1. The molecule has 3 nitrogen and oxygen atoms in total. The highest BCUT2D eigenvalue weighted by Gasteiger charge is 2.71. The van der Waals surface area contributed by atoms with E-state index in [1.807, 2.05) is 6.34 Å². The van der Waals surface area contributed by atoms with Gasteiger partial charge in [0.15, 0.2) is 0 Å². The molecular weight excluding hydrogens is 438 g/mol. The largest absolute Gasteiger partial charge is 0.357 e. The summed E-state index contributed by atoms with van der Waals surface area (Å²) in [5, 5.41) is 3.67. The molecule has 3 aliphatic rings. The van der Waals surface area contributed by atoms with Gasteiger partial charge in [-0.15, -0.1) is 6.58 Å². The Morgan fingerprint density at radius 1 is 1.17 bits per heavy atom. The van der Waals surface area contributed by atoms with Crippen LogP contribution in [0.15, 0.2) is 52.1 Å². The van der Waals surface area contributed by atoms with Crippen molar-refractivity contribution in [3.63, 3.8) is 0 Å². The highest BCUT2D eigenvalue weighted by molar-refractivity contribution is 5.60. The lowest BCUT2D eigenvalue weighted by Gasteiger charge is -2.40. The maximum Gasteiger partial charge on any atom is 0.127 e. The van der Waals surface area contributed by atoms with Crippen molar-refractivity contribution in [2.75, 3.05) is 7.05 Å². The van der Waals surface area contributed by atoms with E-state index in [9.17, 15) is 0 Å². The zero-order chi connectivity index (χ0) is 26.5. The summed E-state index contributed by atoms with van der Waals surface area (Å²) in [6.07, 6.45) is 21.7. The first-order valence-electron chi connectivity index (χ1n) is 14.9. The fourth-order valence-electron chi connectivity index (χ4n) is 7.18. The summed E-state index contributed by atoms with van der Waals surface area (Å²) < 4.78 is 0. The van der Waals surface area contributed by atoms with Gasteiger partial charge >= 0.3 is 0 Å². The second-order valence-electron chi connectivity index (χ2n) is 12.6. The smallest absolute Gasteiger partial charge is 0.127 e. The lowest BCUT2D eigenvalue weighted by Crippen LogP contribution is -2.53. The van der Waals surface area contributed by atoms with Crippen LogP contribution in [0, 0.1) is 22.7 Å². The molecule has 0 radical (unpaired) electrons. The van der Waals surface area contributed by atoms with Gasteiger partial charge in [0.2, 0.25) is 0 Å². The minimum absolute atomic E-state index is 0.0989. The molecule has 1 fully saturated rings. The van der Waals surface area contributed by atoms with Gasteiger partial charge in [0.05, 0.1) is 6.34 Å². The first kappa shape index (κ1) is 29.0. The fraction of sp³-hybridized carbons (Fsp3) is 0.727. The third-order valence-electron chi connectivity index (χ3n) is 9.74. The molecule has 3 rings (SSSR count). The molecule has 0 aromatic heterocycles. The van der Waals surface area contributed by atoms with E-state index >= 15 is 0 Å². The van der Waals surface area contributed by atoms with Crippen LogP contribution in [0.25, 0.3) is 0 Å². The van der Waals surface area contributed by atoms with E-state index in [1.54, 1.807) is 11.1 Å². The highest BCUT2D eigenvalue weighted by atomic mass is 15.4. The van der Waals surface area contributed by atoms with Gasteiger partial charge in [-0.2, -0.15) is 0 Å². The molecule has 0 amide bonds. The Morgan fingerprint density at radius 3 is 2.56 bits per heavy atom. The predicted octanol–water partition coefficient (Wildman–Crippen LogP) is 8.81. The molecule has 1 N–H and O–H groups in total. The molecule has 1 saturated carbocycles. The Bertz CT molecular complexity index is 889. The molecule has 36 heavy (non-hydrogen) atoms. The van der Waals surface area contributed by atoms with Crippen molar-refractivity contribution in [1.29, 1.82) is 0 Å². The van der Waals surface area contributed by atoms with E-state index in [2.05, 4.69) is 90.5 Å². The number of hydrogen-bond donors (Lipinski definition) is 1. The number of aliphatic imine (C=N–C) groups is 1. The maximum atomic E-state index is 4.90. The predicted molar refractivity (Wildman–Crippen MR) is 158 cm³/mol. The fourth-order valence-corrected chi connectivity index (χ4v) is 7.18. The Morgan fingerprint density at radius 2 is 1.89 bits per heavy atom. The van der Waals surface area contributed by atoms with Crippen molar-refractivity contribution >= 4 is 6.34 Å². The summed E-state index contributed by atoms with van der Waals surface area (Å²) in [5.74, 6) is 1.40. The van der Waals surface area contributed by atoms with Crippen molar-refractivity contribution < 1.29 is 0 Å². The van der Waals surface area contributed by atoms with Gasteiger partial charge in [-0.25, -0.2) is 0 Å². The molecule has 0 aromatic carbocycles. The van der Waals surface area contributed by atoms with Crippen LogP contribution in [-0.2, 0) is 0 Å². The average molecular weight is 494 g/mol. The quantitative estimate of drug-likeness (QED) is 0.193. The van der Waals surface area contributed by atoms with E-state index in [-0.39, 0.29) is 17.7 Å². The van der Waals surface area contributed by atoms with E-state index in [0.29, 0.717) is 11.3 Å². The highest BCUT2D eigenvalue weighted by Crippen LogP contribution is 2.77. The van der Waals surface area contributed by atoms with E-state index < -0.39 is 0 Å². The van der Waals surface area contributed by atoms with Crippen LogP contribution in [0.4, 0.5) is 0 Å². The van der Waals surface area contributed by atoms with E-state index in [1.165, 1.54) is 56.1 Å². The number of fused-ring (bicyclic) bond motifs is 1. The van der Waals surface area contributed by atoms with Gasteiger partial charge in [0.1, 0.15) is 12.3 Å².